The van der Waals surface area contributed by atoms with E-state index in [1.165, 1.54) is 18.4 Å². The Morgan fingerprint density at radius 1 is 1.25 bits per heavy atom. The Balaban J connectivity index is 2.21. The summed E-state index contributed by atoms with van der Waals surface area (Å²) in [6, 6.07) is 8.53. The van der Waals surface area contributed by atoms with Gasteiger partial charge in [-0.15, -0.1) is 0 Å². The topological polar surface area (TPSA) is 30.5 Å². The molecule has 0 radical (unpaired) electrons. The molecule has 2 atom stereocenters. The van der Waals surface area contributed by atoms with E-state index in [4.69, 9.17) is 9.47 Å². The Labute approximate surface area is 122 Å². The molecule has 3 nitrogen and oxygen atoms in total. The van der Waals surface area contributed by atoms with Crippen LogP contribution in [0.25, 0.3) is 0 Å². The molecule has 1 aromatic rings. The van der Waals surface area contributed by atoms with E-state index < -0.39 is 0 Å². The molecule has 1 N–H and O–H groups in total. The predicted octanol–water partition coefficient (Wildman–Crippen LogP) is 3.55. The first kappa shape index (κ1) is 15.3. The molecule has 1 aliphatic rings. The zero-order valence-corrected chi connectivity index (χ0v) is 13.3. The lowest BCUT2D eigenvalue weighted by Crippen LogP contribution is -2.40. The zero-order valence-electron chi connectivity index (χ0n) is 13.3. The first-order chi connectivity index (χ1) is 9.45. The van der Waals surface area contributed by atoms with Crippen LogP contribution in [0.3, 0.4) is 0 Å². The van der Waals surface area contributed by atoms with Crippen molar-refractivity contribution in [3.63, 3.8) is 0 Å². The molecule has 0 amide bonds. The first-order valence-corrected chi connectivity index (χ1v) is 7.42. The van der Waals surface area contributed by atoms with Gasteiger partial charge in [-0.3, -0.25) is 0 Å². The lowest BCUT2D eigenvalue weighted by Gasteiger charge is -2.36. The second kappa shape index (κ2) is 6.15. The van der Waals surface area contributed by atoms with E-state index in [2.05, 4.69) is 44.3 Å². The Hall–Kier alpha value is -1.06. The Morgan fingerprint density at radius 3 is 2.45 bits per heavy atom. The number of nitrogens with one attached hydrogen (secondary N) is 1. The van der Waals surface area contributed by atoms with Crippen LogP contribution in [0.4, 0.5) is 0 Å². The highest BCUT2D eigenvalue weighted by molar-refractivity contribution is 5.32. The molecular formula is C17H27NO2. The normalized spacial score (nSPS) is 18.6. The van der Waals surface area contributed by atoms with E-state index in [0.29, 0.717) is 6.10 Å². The number of benzene rings is 1. The van der Waals surface area contributed by atoms with Gasteiger partial charge < -0.3 is 14.8 Å². The minimum Gasteiger partial charge on any atom is -0.490 e. The average molecular weight is 277 g/mol. The highest BCUT2D eigenvalue weighted by atomic mass is 16.5. The third-order valence-corrected chi connectivity index (χ3v) is 3.77. The molecule has 2 unspecified atom stereocenters. The second-order valence-corrected chi connectivity index (χ2v) is 6.68. The van der Waals surface area contributed by atoms with Crippen LogP contribution in [0.1, 0.15) is 45.2 Å². The van der Waals surface area contributed by atoms with Crippen molar-refractivity contribution in [2.45, 2.75) is 51.9 Å². The highest BCUT2D eigenvalue weighted by Gasteiger charge is 2.33. The van der Waals surface area contributed by atoms with Crippen molar-refractivity contribution in [2.75, 3.05) is 14.2 Å². The Morgan fingerprint density at radius 2 is 1.95 bits per heavy atom. The van der Waals surface area contributed by atoms with Crippen LogP contribution < -0.4 is 10.1 Å². The van der Waals surface area contributed by atoms with E-state index in [0.717, 1.165) is 5.75 Å². The van der Waals surface area contributed by atoms with Crippen LogP contribution in [0, 0.1) is 5.41 Å². The summed E-state index contributed by atoms with van der Waals surface area (Å²) in [4.78, 5) is 0. The van der Waals surface area contributed by atoms with E-state index in [1.807, 2.05) is 13.1 Å². The summed E-state index contributed by atoms with van der Waals surface area (Å²) in [5, 5.41) is 3.39. The summed E-state index contributed by atoms with van der Waals surface area (Å²) in [6.45, 7) is 6.61. The lowest BCUT2D eigenvalue weighted by atomic mass is 9.82. The second-order valence-electron chi connectivity index (χ2n) is 6.68. The van der Waals surface area contributed by atoms with Gasteiger partial charge in [-0.25, -0.2) is 0 Å². The van der Waals surface area contributed by atoms with Gasteiger partial charge in [0.05, 0.1) is 18.2 Å². The molecule has 1 aromatic carbocycles. The molecule has 0 heterocycles. The summed E-state index contributed by atoms with van der Waals surface area (Å²) in [6.07, 6.45) is 2.90. The van der Waals surface area contributed by atoms with E-state index in [9.17, 15) is 0 Å². The average Bonchev–Trinajstić information content (AvgIpc) is 3.18. The maximum absolute atomic E-state index is 5.89. The molecule has 3 heteroatoms. The van der Waals surface area contributed by atoms with Crippen molar-refractivity contribution < 1.29 is 9.47 Å². The van der Waals surface area contributed by atoms with Crippen LogP contribution >= 0.6 is 0 Å². The number of rotatable bonds is 6. The standard InChI is InChI=1S/C17H27NO2/c1-17(2,3)16(19-5)15(18-4)12-7-6-8-14(11-12)20-13-9-10-13/h6-8,11,13,15-16,18H,9-10H2,1-5H3. The van der Waals surface area contributed by atoms with Crippen LogP contribution in [0.5, 0.6) is 5.75 Å². The van der Waals surface area contributed by atoms with Gasteiger partial charge in [0.2, 0.25) is 0 Å². The largest absolute Gasteiger partial charge is 0.490 e. The van der Waals surface area contributed by atoms with E-state index >= 15 is 0 Å². The maximum Gasteiger partial charge on any atom is 0.120 e. The zero-order chi connectivity index (χ0) is 14.8. The Kier molecular flexibility index (Phi) is 4.71. The summed E-state index contributed by atoms with van der Waals surface area (Å²) >= 11 is 0. The van der Waals surface area contributed by atoms with Crippen molar-refractivity contribution in [3.05, 3.63) is 29.8 Å². The molecule has 2 rings (SSSR count). The van der Waals surface area contributed by atoms with Gasteiger partial charge in [0, 0.05) is 7.11 Å². The van der Waals surface area contributed by atoms with E-state index in [-0.39, 0.29) is 17.6 Å². The van der Waals surface area contributed by atoms with Crippen molar-refractivity contribution in [1.82, 2.24) is 5.32 Å². The van der Waals surface area contributed by atoms with Crippen molar-refractivity contribution in [3.8, 4) is 5.75 Å². The predicted molar refractivity (Wildman–Crippen MR) is 82.1 cm³/mol. The maximum atomic E-state index is 5.89. The monoisotopic (exact) mass is 277 g/mol. The fourth-order valence-electron chi connectivity index (χ4n) is 2.64. The number of ether oxygens (including phenoxy) is 2. The molecule has 112 valence electrons. The number of likely N-dealkylation sites (N-methyl/N-ethyl adjacent to an activating group) is 1. The molecule has 0 aromatic heterocycles. The van der Waals surface area contributed by atoms with Crippen molar-refractivity contribution in [1.29, 1.82) is 0 Å². The molecule has 0 saturated heterocycles. The lowest BCUT2D eigenvalue weighted by molar-refractivity contribution is -0.0102. The fourth-order valence-corrected chi connectivity index (χ4v) is 2.64. The minimum absolute atomic E-state index is 0.0653. The van der Waals surface area contributed by atoms with Gasteiger partial charge in [-0.2, -0.15) is 0 Å². The molecule has 0 aliphatic heterocycles. The molecule has 1 saturated carbocycles. The van der Waals surface area contributed by atoms with Crippen LogP contribution in [-0.2, 0) is 4.74 Å². The van der Waals surface area contributed by atoms with Crippen LogP contribution in [-0.4, -0.2) is 26.4 Å². The minimum atomic E-state index is 0.0653. The Bertz CT molecular complexity index is 435. The van der Waals surface area contributed by atoms with Crippen molar-refractivity contribution >= 4 is 0 Å². The first-order valence-electron chi connectivity index (χ1n) is 7.42. The quantitative estimate of drug-likeness (QED) is 0.862. The third-order valence-electron chi connectivity index (χ3n) is 3.77. The van der Waals surface area contributed by atoms with Crippen molar-refractivity contribution in [2.24, 2.45) is 5.41 Å². The summed E-state index contributed by atoms with van der Waals surface area (Å²) < 4.78 is 11.6. The van der Waals surface area contributed by atoms with E-state index in [1.54, 1.807) is 7.11 Å². The van der Waals surface area contributed by atoms with Crippen LogP contribution in [0.2, 0.25) is 0 Å². The van der Waals surface area contributed by atoms with Gasteiger partial charge in [0.25, 0.3) is 0 Å². The van der Waals surface area contributed by atoms with Crippen LogP contribution in [0.15, 0.2) is 24.3 Å². The molecule has 1 aliphatic carbocycles. The smallest absolute Gasteiger partial charge is 0.120 e. The van der Waals surface area contributed by atoms with Gasteiger partial charge in [0.15, 0.2) is 0 Å². The molecular weight excluding hydrogens is 250 g/mol. The number of methoxy groups -OCH3 is 1. The van der Waals surface area contributed by atoms with Gasteiger partial charge >= 0.3 is 0 Å². The SMILES string of the molecule is CNC(c1cccc(OC2CC2)c1)C(OC)C(C)(C)C. The molecule has 1 fully saturated rings. The number of hydrogen-bond donors (Lipinski definition) is 1. The summed E-state index contributed by atoms with van der Waals surface area (Å²) in [7, 11) is 3.77. The van der Waals surface area contributed by atoms with Gasteiger partial charge in [-0.05, 0) is 43.0 Å². The highest BCUT2D eigenvalue weighted by Crippen LogP contribution is 2.34. The molecule has 0 bridgehead atoms. The third kappa shape index (κ3) is 3.74. The molecule has 20 heavy (non-hydrogen) atoms. The molecule has 0 spiro atoms. The van der Waals surface area contributed by atoms with Gasteiger partial charge in [0.1, 0.15) is 5.75 Å². The number of hydrogen-bond acceptors (Lipinski definition) is 3. The summed E-state index contributed by atoms with van der Waals surface area (Å²) in [5.41, 5.74) is 1.28. The fraction of sp³-hybridized carbons (Fsp3) is 0.647. The summed E-state index contributed by atoms with van der Waals surface area (Å²) in [5.74, 6) is 0.967. The van der Waals surface area contributed by atoms with Gasteiger partial charge in [-0.1, -0.05) is 32.9 Å².